The second-order valence-electron chi connectivity index (χ2n) is 4.63. The van der Waals surface area contributed by atoms with E-state index >= 15 is 0 Å². The van der Waals surface area contributed by atoms with Gasteiger partial charge < -0.3 is 9.84 Å². The van der Waals surface area contributed by atoms with Gasteiger partial charge in [0.2, 0.25) is 0 Å². The first-order valence-electron chi connectivity index (χ1n) is 6.30. The van der Waals surface area contributed by atoms with Crippen LogP contribution in [0.1, 0.15) is 30.9 Å². The minimum absolute atomic E-state index is 0.0416. The lowest BCUT2D eigenvalue weighted by Crippen LogP contribution is -2.27. The second kappa shape index (κ2) is 5.87. The minimum Gasteiger partial charge on any atom is -0.497 e. The van der Waals surface area contributed by atoms with Gasteiger partial charge in [-0.1, -0.05) is 12.1 Å². The zero-order valence-electron chi connectivity index (χ0n) is 10.6. The molecule has 1 aromatic rings. The van der Waals surface area contributed by atoms with Gasteiger partial charge >= 0.3 is 5.97 Å². The van der Waals surface area contributed by atoms with E-state index in [4.69, 9.17) is 9.84 Å². The Kier molecular flexibility index (Phi) is 4.20. The van der Waals surface area contributed by atoms with E-state index in [1.165, 1.54) is 0 Å². The minimum atomic E-state index is -0.755. The van der Waals surface area contributed by atoms with Crippen LogP contribution < -0.4 is 4.74 Å². The van der Waals surface area contributed by atoms with E-state index in [0.29, 0.717) is 0 Å². The molecule has 1 heterocycles. The van der Waals surface area contributed by atoms with E-state index < -0.39 is 5.97 Å². The normalized spacial score (nSPS) is 17.6. The molecule has 18 heavy (non-hydrogen) atoms. The standard InChI is InChI=1S/C14H19NO3/c1-18-12-6-4-5-11(9-12)13(10-14(16)17)15-7-2-3-8-15/h4-6,9,13H,2-3,7-8,10H2,1H3,(H,16,17). The van der Waals surface area contributed by atoms with Gasteiger partial charge in [-0.25, -0.2) is 0 Å². The zero-order valence-corrected chi connectivity index (χ0v) is 10.6. The van der Waals surface area contributed by atoms with Gasteiger partial charge in [-0.2, -0.15) is 0 Å². The van der Waals surface area contributed by atoms with Crippen molar-refractivity contribution in [2.75, 3.05) is 20.2 Å². The molecule has 4 heteroatoms. The van der Waals surface area contributed by atoms with Gasteiger partial charge in [-0.15, -0.1) is 0 Å². The molecule has 98 valence electrons. The monoisotopic (exact) mass is 249 g/mol. The number of hydrogen-bond acceptors (Lipinski definition) is 3. The number of methoxy groups -OCH3 is 1. The van der Waals surface area contributed by atoms with Crippen molar-refractivity contribution < 1.29 is 14.6 Å². The van der Waals surface area contributed by atoms with Crippen molar-refractivity contribution in [2.45, 2.75) is 25.3 Å². The van der Waals surface area contributed by atoms with Gasteiger partial charge in [0.05, 0.1) is 13.5 Å². The fourth-order valence-corrected chi connectivity index (χ4v) is 2.53. The predicted octanol–water partition coefficient (Wildman–Crippen LogP) is 2.31. The molecule has 0 spiro atoms. The largest absolute Gasteiger partial charge is 0.497 e. The molecule has 0 aliphatic carbocycles. The summed E-state index contributed by atoms with van der Waals surface area (Å²) in [5, 5.41) is 9.07. The third kappa shape index (κ3) is 3.01. The smallest absolute Gasteiger partial charge is 0.305 e. The molecular weight excluding hydrogens is 230 g/mol. The van der Waals surface area contributed by atoms with Crippen molar-refractivity contribution >= 4 is 5.97 Å². The lowest BCUT2D eigenvalue weighted by atomic mass is 10.0. The maximum atomic E-state index is 11.0. The van der Waals surface area contributed by atoms with Crippen LogP contribution in [0.4, 0.5) is 0 Å². The fourth-order valence-electron chi connectivity index (χ4n) is 2.53. The van der Waals surface area contributed by atoms with Gasteiger partial charge in [0.1, 0.15) is 5.75 Å². The number of ether oxygens (including phenoxy) is 1. The van der Waals surface area contributed by atoms with Gasteiger partial charge in [-0.3, -0.25) is 9.69 Å². The van der Waals surface area contributed by atoms with E-state index in [1.54, 1.807) is 7.11 Å². The highest BCUT2D eigenvalue weighted by atomic mass is 16.5. The Morgan fingerprint density at radius 1 is 1.44 bits per heavy atom. The average Bonchev–Trinajstić information content (AvgIpc) is 2.89. The van der Waals surface area contributed by atoms with Gasteiger partial charge in [-0.05, 0) is 43.6 Å². The second-order valence-corrected chi connectivity index (χ2v) is 4.63. The summed E-state index contributed by atoms with van der Waals surface area (Å²) in [5.41, 5.74) is 1.03. The van der Waals surface area contributed by atoms with Gasteiger partial charge in [0.25, 0.3) is 0 Å². The Bertz CT molecular complexity index is 413. The van der Waals surface area contributed by atoms with E-state index in [2.05, 4.69) is 4.90 Å². The van der Waals surface area contributed by atoms with Crippen molar-refractivity contribution in [3.05, 3.63) is 29.8 Å². The van der Waals surface area contributed by atoms with Crippen LogP contribution in [0.5, 0.6) is 5.75 Å². The molecule has 1 atom stereocenters. The Labute approximate surface area is 107 Å². The van der Waals surface area contributed by atoms with Crippen LogP contribution in [0, 0.1) is 0 Å². The highest BCUT2D eigenvalue weighted by molar-refractivity contribution is 5.68. The van der Waals surface area contributed by atoms with Crippen LogP contribution >= 0.6 is 0 Å². The Morgan fingerprint density at radius 2 is 2.17 bits per heavy atom. The fraction of sp³-hybridized carbons (Fsp3) is 0.500. The number of likely N-dealkylation sites (tertiary alicyclic amines) is 1. The van der Waals surface area contributed by atoms with Crippen molar-refractivity contribution in [3.8, 4) is 5.75 Å². The van der Waals surface area contributed by atoms with E-state index in [0.717, 1.165) is 37.2 Å². The maximum Gasteiger partial charge on any atom is 0.305 e. The summed E-state index contributed by atoms with van der Waals surface area (Å²) in [6, 6.07) is 7.67. The Hall–Kier alpha value is -1.55. The number of benzene rings is 1. The van der Waals surface area contributed by atoms with Crippen LogP contribution in [-0.2, 0) is 4.79 Å². The highest BCUT2D eigenvalue weighted by Gasteiger charge is 2.25. The number of carboxylic acids is 1. The molecule has 2 rings (SSSR count). The van der Waals surface area contributed by atoms with Crippen LogP contribution in [0.3, 0.4) is 0 Å². The van der Waals surface area contributed by atoms with Crippen LogP contribution in [0.15, 0.2) is 24.3 Å². The number of nitrogens with zero attached hydrogens (tertiary/aromatic N) is 1. The summed E-state index contributed by atoms with van der Waals surface area (Å²) in [7, 11) is 1.63. The summed E-state index contributed by atoms with van der Waals surface area (Å²) < 4.78 is 5.21. The molecule has 0 radical (unpaired) electrons. The van der Waals surface area contributed by atoms with Crippen molar-refractivity contribution in [1.82, 2.24) is 4.90 Å². The summed E-state index contributed by atoms with van der Waals surface area (Å²) in [6.45, 7) is 1.96. The highest BCUT2D eigenvalue weighted by Crippen LogP contribution is 2.29. The molecule has 1 saturated heterocycles. The number of aliphatic carboxylic acids is 1. The molecule has 4 nitrogen and oxygen atoms in total. The molecule has 0 amide bonds. The lowest BCUT2D eigenvalue weighted by Gasteiger charge is -2.26. The third-order valence-electron chi connectivity index (χ3n) is 3.43. The van der Waals surface area contributed by atoms with E-state index in [-0.39, 0.29) is 12.5 Å². The van der Waals surface area contributed by atoms with E-state index in [9.17, 15) is 4.79 Å². The predicted molar refractivity (Wildman–Crippen MR) is 68.8 cm³/mol. The topological polar surface area (TPSA) is 49.8 Å². The molecule has 1 aromatic carbocycles. The number of carboxylic acid groups (broad SMARTS) is 1. The molecule has 1 fully saturated rings. The zero-order chi connectivity index (χ0) is 13.0. The summed E-state index contributed by atoms with van der Waals surface area (Å²) >= 11 is 0. The SMILES string of the molecule is COc1cccc(C(CC(=O)O)N2CCCC2)c1. The number of rotatable bonds is 5. The van der Waals surface area contributed by atoms with Crippen molar-refractivity contribution in [1.29, 1.82) is 0 Å². The molecule has 1 aliphatic rings. The summed E-state index contributed by atoms with van der Waals surface area (Å²) in [5.74, 6) is 0.0248. The van der Waals surface area contributed by atoms with Crippen LogP contribution in [0.25, 0.3) is 0 Å². The first-order valence-corrected chi connectivity index (χ1v) is 6.30. The average molecular weight is 249 g/mol. The Balaban J connectivity index is 2.23. The Morgan fingerprint density at radius 3 is 2.78 bits per heavy atom. The van der Waals surface area contributed by atoms with Gasteiger partial charge in [0.15, 0.2) is 0 Å². The van der Waals surface area contributed by atoms with Gasteiger partial charge in [0, 0.05) is 6.04 Å². The molecule has 1 unspecified atom stereocenters. The summed E-state index contributed by atoms with van der Waals surface area (Å²) in [4.78, 5) is 13.3. The van der Waals surface area contributed by atoms with E-state index in [1.807, 2.05) is 24.3 Å². The lowest BCUT2D eigenvalue weighted by molar-refractivity contribution is -0.138. The molecule has 0 aromatic heterocycles. The maximum absolute atomic E-state index is 11.0. The molecule has 1 N–H and O–H groups in total. The number of carbonyl (C=O) groups is 1. The molecule has 1 aliphatic heterocycles. The number of hydrogen-bond donors (Lipinski definition) is 1. The first-order chi connectivity index (χ1) is 8.70. The van der Waals surface area contributed by atoms with Crippen molar-refractivity contribution in [3.63, 3.8) is 0 Å². The first kappa shape index (κ1) is 12.9. The molecule has 0 saturated carbocycles. The quantitative estimate of drug-likeness (QED) is 0.870. The molecular formula is C14H19NO3. The van der Waals surface area contributed by atoms with Crippen LogP contribution in [0.2, 0.25) is 0 Å². The van der Waals surface area contributed by atoms with Crippen LogP contribution in [-0.4, -0.2) is 36.2 Å². The molecule has 0 bridgehead atoms. The van der Waals surface area contributed by atoms with Crippen molar-refractivity contribution in [2.24, 2.45) is 0 Å². The third-order valence-corrected chi connectivity index (χ3v) is 3.43. The summed E-state index contributed by atoms with van der Waals surface area (Å²) in [6.07, 6.45) is 2.45.